The topological polar surface area (TPSA) is 59.2 Å². The van der Waals surface area contributed by atoms with E-state index in [2.05, 4.69) is 10.2 Å². The van der Waals surface area contributed by atoms with Gasteiger partial charge in [0.25, 0.3) is 5.22 Å². The van der Waals surface area contributed by atoms with E-state index in [1.54, 1.807) is 38.2 Å². The van der Waals surface area contributed by atoms with Crippen molar-refractivity contribution in [1.29, 1.82) is 0 Å². The summed E-state index contributed by atoms with van der Waals surface area (Å²) >= 11 is 7.19. The van der Waals surface area contributed by atoms with Crippen LogP contribution in [0.5, 0.6) is 0 Å². The minimum atomic E-state index is -0.947. The lowest BCUT2D eigenvalue weighted by atomic mass is 10.1. The number of rotatable bonds is 6. The van der Waals surface area contributed by atoms with Gasteiger partial charge in [-0.15, -0.1) is 10.2 Å². The van der Waals surface area contributed by atoms with Gasteiger partial charge >= 0.3 is 0 Å². The molecule has 0 bridgehead atoms. The van der Waals surface area contributed by atoms with Crippen LogP contribution < -0.4 is 0 Å². The van der Waals surface area contributed by atoms with E-state index in [1.807, 2.05) is 0 Å². The lowest BCUT2D eigenvalue weighted by Crippen LogP contribution is -2.31. The Balaban J connectivity index is 1.62. The Hall–Kier alpha value is -2.45. The van der Waals surface area contributed by atoms with Gasteiger partial charge in [0.1, 0.15) is 0 Å². The highest BCUT2D eigenvalue weighted by Crippen LogP contribution is 2.29. The molecule has 1 atom stereocenters. The number of aromatic nitrogens is 2. The van der Waals surface area contributed by atoms with Crippen LogP contribution in [-0.2, 0) is 4.79 Å². The van der Waals surface area contributed by atoms with Crippen molar-refractivity contribution >= 4 is 29.3 Å². The molecule has 3 rings (SSSR count). The van der Waals surface area contributed by atoms with Gasteiger partial charge in [0, 0.05) is 7.05 Å². The summed E-state index contributed by atoms with van der Waals surface area (Å²) in [5.74, 6) is -1.78. The molecule has 0 radical (unpaired) electrons. The van der Waals surface area contributed by atoms with E-state index in [0.717, 1.165) is 23.9 Å². The van der Waals surface area contributed by atoms with Crippen LogP contribution in [0.2, 0.25) is 5.02 Å². The number of carbonyl (C=O) groups excluding carboxylic acids is 1. The summed E-state index contributed by atoms with van der Waals surface area (Å²) < 4.78 is 32.1. The maximum atomic E-state index is 13.4. The maximum absolute atomic E-state index is 13.4. The first kappa shape index (κ1) is 20.3. The molecule has 0 saturated carbocycles. The average molecular weight is 424 g/mol. The Kier molecular flexibility index (Phi) is 6.31. The smallest absolute Gasteiger partial charge is 0.277 e. The summed E-state index contributed by atoms with van der Waals surface area (Å²) in [4.78, 5) is 13.9. The summed E-state index contributed by atoms with van der Waals surface area (Å²) in [7, 11) is 1.60. The van der Waals surface area contributed by atoms with Gasteiger partial charge in [-0.1, -0.05) is 41.6 Å². The van der Waals surface area contributed by atoms with E-state index >= 15 is 0 Å². The molecule has 0 fully saturated rings. The zero-order chi connectivity index (χ0) is 20.3. The van der Waals surface area contributed by atoms with Gasteiger partial charge < -0.3 is 9.32 Å². The first-order valence-electron chi connectivity index (χ1n) is 8.28. The molecule has 2 aromatic carbocycles. The molecule has 3 aromatic rings. The van der Waals surface area contributed by atoms with Crippen LogP contribution in [0, 0.1) is 11.6 Å². The van der Waals surface area contributed by atoms with Crippen molar-refractivity contribution in [1.82, 2.24) is 15.1 Å². The summed E-state index contributed by atoms with van der Waals surface area (Å²) in [6, 6.07) is 10.2. The molecule has 9 heteroatoms. The van der Waals surface area contributed by atoms with Crippen LogP contribution >= 0.6 is 23.4 Å². The van der Waals surface area contributed by atoms with E-state index in [-0.39, 0.29) is 22.8 Å². The zero-order valence-corrected chi connectivity index (χ0v) is 16.6. The second kappa shape index (κ2) is 8.70. The summed E-state index contributed by atoms with van der Waals surface area (Å²) in [5, 5.41) is 8.58. The third kappa shape index (κ3) is 4.51. The number of carbonyl (C=O) groups is 1. The van der Waals surface area contributed by atoms with Gasteiger partial charge in [0.15, 0.2) is 11.6 Å². The SMILES string of the molecule is CC(c1ccc(F)c(F)c1)N(C)C(=O)CSc1nnc(-c2ccccc2Cl)o1. The molecule has 0 aliphatic heterocycles. The quantitative estimate of drug-likeness (QED) is 0.523. The molecule has 1 aromatic heterocycles. The Bertz CT molecular complexity index is 999. The average Bonchev–Trinajstić information content (AvgIpc) is 3.16. The Morgan fingerprint density at radius 1 is 1.21 bits per heavy atom. The molecule has 146 valence electrons. The van der Waals surface area contributed by atoms with Crippen LogP contribution in [0.1, 0.15) is 18.5 Å². The number of nitrogens with zero attached hydrogens (tertiary/aromatic N) is 3. The van der Waals surface area contributed by atoms with Gasteiger partial charge in [-0.05, 0) is 36.8 Å². The van der Waals surface area contributed by atoms with E-state index in [0.29, 0.717) is 16.1 Å². The highest BCUT2D eigenvalue weighted by Gasteiger charge is 2.20. The zero-order valence-electron chi connectivity index (χ0n) is 15.0. The number of halogens is 3. The Morgan fingerprint density at radius 2 is 1.96 bits per heavy atom. The molecule has 0 N–H and O–H groups in total. The monoisotopic (exact) mass is 423 g/mol. The van der Waals surface area contributed by atoms with Crippen LogP contribution in [0.3, 0.4) is 0 Å². The predicted molar refractivity (Wildman–Crippen MR) is 103 cm³/mol. The first-order valence-corrected chi connectivity index (χ1v) is 9.65. The van der Waals surface area contributed by atoms with Crippen LogP contribution in [0.15, 0.2) is 52.1 Å². The second-order valence-corrected chi connectivity index (χ2v) is 7.33. The highest BCUT2D eigenvalue weighted by molar-refractivity contribution is 7.99. The minimum absolute atomic E-state index is 0.0503. The maximum Gasteiger partial charge on any atom is 0.277 e. The lowest BCUT2D eigenvalue weighted by Gasteiger charge is -2.25. The molecule has 0 spiro atoms. The van der Waals surface area contributed by atoms with Crippen molar-refractivity contribution in [2.24, 2.45) is 0 Å². The molecule has 0 saturated heterocycles. The number of amides is 1. The molecule has 1 heterocycles. The van der Waals surface area contributed by atoms with Crippen molar-refractivity contribution < 1.29 is 18.0 Å². The van der Waals surface area contributed by atoms with Crippen LogP contribution in [0.25, 0.3) is 11.5 Å². The summed E-state index contributed by atoms with van der Waals surface area (Å²) in [6.07, 6.45) is 0. The Morgan fingerprint density at radius 3 is 2.68 bits per heavy atom. The standard InChI is InChI=1S/C19H16ClF2N3O2S/c1-11(12-7-8-15(21)16(22)9-12)25(2)17(26)10-28-19-24-23-18(27-19)13-5-3-4-6-14(13)20/h3-9,11H,10H2,1-2H3. The van der Waals surface area contributed by atoms with Crippen molar-refractivity contribution in [3.8, 4) is 11.5 Å². The van der Waals surface area contributed by atoms with Gasteiger partial charge in [-0.2, -0.15) is 0 Å². The third-order valence-electron chi connectivity index (χ3n) is 4.23. The fourth-order valence-electron chi connectivity index (χ4n) is 2.45. The first-order chi connectivity index (χ1) is 13.4. The van der Waals surface area contributed by atoms with E-state index in [1.165, 1.54) is 11.0 Å². The molecule has 28 heavy (non-hydrogen) atoms. The van der Waals surface area contributed by atoms with Crippen molar-refractivity contribution in [2.45, 2.75) is 18.2 Å². The fourth-order valence-corrected chi connectivity index (χ4v) is 3.35. The summed E-state index contributed by atoms with van der Waals surface area (Å²) in [6.45, 7) is 1.73. The molecular weight excluding hydrogens is 408 g/mol. The molecule has 0 aliphatic rings. The normalized spacial score (nSPS) is 12.0. The number of hydrogen-bond donors (Lipinski definition) is 0. The van der Waals surface area contributed by atoms with E-state index in [4.69, 9.17) is 16.0 Å². The molecule has 1 amide bonds. The van der Waals surface area contributed by atoms with Gasteiger partial charge in [-0.3, -0.25) is 4.79 Å². The largest absolute Gasteiger partial charge is 0.411 e. The van der Waals surface area contributed by atoms with Crippen molar-refractivity contribution in [2.75, 3.05) is 12.8 Å². The minimum Gasteiger partial charge on any atom is -0.411 e. The second-order valence-electron chi connectivity index (χ2n) is 6.00. The van der Waals surface area contributed by atoms with E-state index < -0.39 is 17.7 Å². The molecule has 1 unspecified atom stereocenters. The predicted octanol–water partition coefficient (Wildman–Crippen LogP) is 4.98. The molecular formula is C19H16ClF2N3O2S. The lowest BCUT2D eigenvalue weighted by molar-refractivity contribution is -0.128. The fraction of sp³-hybridized carbons (Fsp3) is 0.211. The van der Waals surface area contributed by atoms with Crippen molar-refractivity contribution in [3.63, 3.8) is 0 Å². The number of benzene rings is 2. The van der Waals surface area contributed by atoms with Gasteiger partial charge in [0.05, 0.1) is 22.4 Å². The number of thioether (sulfide) groups is 1. The Labute approximate surface area is 169 Å². The van der Waals surface area contributed by atoms with Gasteiger partial charge in [-0.25, -0.2) is 8.78 Å². The molecule has 0 aliphatic carbocycles. The summed E-state index contributed by atoms with van der Waals surface area (Å²) in [5.41, 5.74) is 1.11. The van der Waals surface area contributed by atoms with Crippen LogP contribution in [-0.4, -0.2) is 33.8 Å². The van der Waals surface area contributed by atoms with Crippen molar-refractivity contribution in [3.05, 3.63) is 64.7 Å². The number of hydrogen-bond acceptors (Lipinski definition) is 5. The van der Waals surface area contributed by atoms with Crippen LogP contribution in [0.4, 0.5) is 8.78 Å². The highest BCUT2D eigenvalue weighted by atomic mass is 35.5. The third-order valence-corrected chi connectivity index (χ3v) is 5.36. The van der Waals surface area contributed by atoms with Gasteiger partial charge in [0.2, 0.25) is 11.8 Å². The van der Waals surface area contributed by atoms with E-state index in [9.17, 15) is 13.6 Å². The molecule has 5 nitrogen and oxygen atoms in total.